The quantitative estimate of drug-likeness (QED) is 0.778. The number of aryl methyl sites for hydroxylation is 1. The molecule has 8 heteroatoms. The maximum atomic E-state index is 12.7. The van der Waals surface area contributed by atoms with Crippen molar-refractivity contribution in [1.29, 1.82) is 0 Å². The molecule has 3 heterocycles. The summed E-state index contributed by atoms with van der Waals surface area (Å²) in [4.78, 5) is 2.24. The Bertz CT molecular complexity index is 731. The van der Waals surface area contributed by atoms with Crippen LogP contribution < -0.4 is 0 Å². The first-order valence-corrected chi connectivity index (χ1v) is 10.6. The molecular formula is C18H25NO6S. The summed E-state index contributed by atoms with van der Waals surface area (Å²) in [5.74, 6) is 0. The van der Waals surface area contributed by atoms with E-state index in [1.165, 1.54) is 18.6 Å². The Kier molecular flexibility index (Phi) is 5.06. The van der Waals surface area contributed by atoms with E-state index in [0.717, 1.165) is 31.5 Å². The second kappa shape index (κ2) is 7.18. The van der Waals surface area contributed by atoms with Gasteiger partial charge in [-0.3, -0.25) is 9.08 Å². The van der Waals surface area contributed by atoms with Gasteiger partial charge in [-0.15, -0.1) is 0 Å². The van der Waals surface area contributed by atoms with Crippen LogP contribution in [-0.4, -0.2) is 68.8 Å². The molecule has 1 aromatic rings. The zero-order valence-electron chi connectivity index (χ0n) is 14.8. The first-order chi connectivity index (χ1) is 12.5. The number of hydrogen-bond donors (Lipinski definition) is 1. The third-order valence-electron chi connectivity index (χ3n) is 5.43. The molecule has 0 aliphatic carbocycles. The fraction of sp³-hybridized carbons (Fsp3) is 0.667. The highest BCUT2D eigenvalue weighted by Crippen LogP contribution is 2.35. The number of aliphatic hydroxyl groups is 1. The fourth-order valence-corrected chi connectivity index (χ4v) is 5.12. The average Bonchev–Trinajstić information content (AvgIpc) is 3.06. The van der Waals surface area contributed by atoms with Crippen LogP contribution in [0, 0.1) is 6.92 Å². The van der Waals surface area contributed by atoms with Crippen LogP contribution >= 0.6 is 0 Å². The summed E-state index contributed by atoms with van der Waals surface area (Å²) >= 11 is 0. The first-order valence-electron chi connectivity index (χ1n) is 9.15. The molecule has 1 N–H and O–H groups in total. The topological polar surface area (TPSA) is 85.3 Å². The van der Waals surface area contributed by atoms with E-state index in [-0.39, 0.29) is 17.0 Å². The van der Waals surface area contributed by atoms with Gasteiger partial charge >= 0.3 is 0 Å². The number of ether oxygens (including phenoxy) is 2. The second-order valence-corrected chi connectivity index (χ2v) is 8.85. The Morgan fingerprint density at radius 3 is 2.54 bits per heavy atom. The zero-order chi connectivity index (χ0) is 18.3. The summed E-state index contributed by atoms with van der Waals surface area (Å²) in [6.07, 6.45) is 0.116. The van der Waals surface area contributed by atoms with Gasteiger partial charge in [0.25, 0.3) is 10.1 Å². The lowest BCUT2D eigenvalue weighted by Gasteiger charge is -2.44. The average molecular weight is 383 g/mol. The maximum Gasteiger partial charge on any atom is 0.297 e. The normalized spacial score (nSPS) is 35.5. The molecule has 0 spiro atoms. The van der Waals surface area contributed by atoms with E-state index in [9.17, 15) is 13.5 Å². The van der Waals surface area contributed by atoms with Crippen LogP contribution in [0.2, 0.25) is 0 Å². The van der Waals surface area contributed by atoms with Crippen LogP contribution in [0.4, 0.5) is 0 Å². The van der Waals surface area contributed by atoms with Crippen LogP contribution in [0.15, 0.2) is 29.2 Å². The minimum absolute atomic E-state index is 0.0601. The van der Waals surface area contributed by atoms with Crippen molar-refractivity contribution in [2.24, 2.45) is 0 Å². The van der Waals surface area contributed by atoms with E-state index in [0.29, 0.717) is 6.61 Å². The molecule has 144 valence electrons. The van der Waals surface area contributed by atoms with Crippen molar-refractivity contribution in [1.82, 2.24) is 4.90 Å². The lowest BCUT2D eigenvalue weighted by molar-refractivity contribution is -0.208. The molecule has 3 saturated heterocycles. The Morgan fingerprint density at radius 1 is 1.15 bits per heavy atom. The predicted octanol–water partition coefficient (Wildman–Crippen LogP) is 1.04. The molecule has 1 aromatic carbocycles. The molecular weight excluding hydrogens is 358 g/mol. The van der Waals surface area contributed by atoms with Gasteiger partial charge in [-0.05, 0) is 45.0 Å². The van der Waals surface area contributed by atoms with Crippen molar-refractivity contribution in [2.75, 3.05) is 19.7 Å². The van der Waals surface area contributed by atoms with Crippen molar-refractivity contribution >= 4 is 10.1 Å². The standard InChI is InChI=1S/C18H25NO6S/c1-12-5-7-13(8-6-12)26(21,22)25-17-16(20)15(14-11-23-18(17)24-14)19-9-3-2-4-10-19/h5-8,14-18,20H,2-4,9-11H2,1H3/t14-,15+,16+,17+,18-/m0/s1. The largest absolute Gasteiger partial charge is 0.388 e. The monoisotopic (exact) mass is 383 g/mol. The number of fused-ring (bicyclic) bond motifs is 2. The molecule has 4 rings (SSSR count). The highest BCUT2D eigenvalue weighted by molar-refractivity contribution is 7.86. The number of nitrogens with zero attached hydrogens (tertiary/aromatic N) is 1. The SMILES string of the molecule is Cc1ccc(S(=O)(=O)O[C@H]2[C@H]3OC[C@H](O3)[C@@H](N3CCCCC3)[C@H]2O)cc1. The summed E-state index contributed by atoms with van der Waals surface area (Å²) in [5.41, 5.74) is 0.956. The molecule has 2 bridgehead atoms. The molecule has 3 aliphatic rings. The van der Waals surface area contributed by atoms with Gasteiger partial charge < -0.3 is 14.6 Å². The number of likely N-dealkylation sites (tertiary alicyclic amines) is 1. The van der Waals surface area contributed by atoms with Gasteiger partial charge in [-0.25, -0.2) is 0 Å². The molecule has 0 amide bonds. The minimum Gasteiger partial charge on any atom is -0.388 e. The van der Waals surface area contributed by atoms with Gasteiger partial charge in [0.05, 0.1) is 17.5 Å². The molecule has 0 saturated carbocycles. The van der Waals surface area contributed by atoms with Crippen molar-refractivity contribution in [3.05, 3.63) is 29.8 Å². The number of rotatable bonds is 4. The van der Waals surface area contributed by atoms with Crippen LogP contribution in [0.3, 0.4) is 0 Å². The van der Waals surface area contributed by atoms with Gasteiger partial charge in [0.1, 0.15) is 12.2 Å². The molecule has 26 heavy (non-hydrogen) atoms. The van der Waals surface area contributed by atoms with Crippen molar-refractivity contribution in [3.8, 4) is 0 Å². The van der Waals surface area contributed by atoms with Gasteiger partial charge in [-0.2, -0.15) is 8.42 Å². The maximum absolute atomic E-state index is 12.7. The van der Waals surface area contributed by atoms with E-state index in [4.69, 9.17) is 13.7 Å². The molecule has 3 fully saturated rings. The third kappa shape index (κ3) is 3.42. The van der Waals surface area contributed by atoms with Crippen molar-refractivity contribution < 1.29 is 27.2 Å². The van der Waals surface area contributed by atoms with Crippen LogP contribution in [0.1, 0.15) is 24.8 Å². The Balaban J connectivity index is 1.56. The van der Waals surface area contributed by atoms with E-state index >= 15 is 0 Å². The highest BCUT2D eigenvalue weighted by atomic mass is 32.2. The van der Waals surface area contributed by atoms with E-state index in [1.807, 2.05) is 6.92 Å². The van der Waals surface area contributed by atoms with Gasteiger partial charge in [-0.1, -0.05) is 24.1 Å². The molecule has 7 nitrogen and oxygen atoms in total. The Hall–Kier alpha value is -1.03. The van der Waals surface area contributed by atoms with E-state index in [1.54, 1.807) is 12.1 Å². The smallest absolute Gasteiger partial charge is 0.297 e. The van der Waals surface area contributed by atoms with E-state index in [2.05, 4.69) is 4.90 Å². The Labute approximate surface area is 154 Å². The lowest BCUT2D eigenvalue weighted by atomic mass is 9.94. The predicted molar refractivity (Wildman–Crippen MR) is 93.1 cm³/mol. The summed E-state index contributed by atoms with van der Waals surface area (Å²) in [6.45, 7) is 3.95. The second-order valence-electron chi connectivity index (χ2n) is 7.28. The molecule has 0 aromatic heterocycles. The number of piperidine rings is 1. The summed E-state index contributed by atoms with van der Waals surface area (Å²) in [5, 5.41) is 10.9. The summed E-state index contributed by atoms with van der Waals surface area (Å²) in [7, 11) is -4.03. The zero-order valence-corrected chi connectivity index (χ0v) is 15.6. The number of hydrogen-bond acceptors (Lipinski definition) is 7. The van der Waals surface area contributed by atoms with Crippen LogP contribution in [0.5, 0.6) is 0 Å². The first kappa shape index (κ1) is 18.3. The molecule has 0 radical (unpaired) electrons. The Morgan fingerprint density at radius 2 is 1.85 bits per heavy atom. The third-order valence-corrected chi connectivity index (χ3v) is 6.75. The van der Waals surface area contributed by atoms with Gasteiger partial charge in [0.15, 0.2) is 12.4 Å². The summed E-state index contributed by atoms with van der Waals surface area (Å²) in [6, 6.07) is 6.11. The lowest BCUT2D eigenvalue weighted by Crippen LogP contribution is -2.62. The van der Waals surface area contributed by atoms with Crippen molar-refractivity contribution in [3.63, 3.8) is 0 Å². The minimum atomic E-state index is -4.03. The fourth-order valence-electron chi connectivity index (χ4n) is 4.04. The highest BCUT2D eigenvalue weighted by Gasteiger charge is 2.54. The van der Waals surface area contributed by atoms with Crippen molar-refractivity contribution in [2.45, 2.75) is 61.7 Å². The molecule has 0 unspecified atom stereocenters. The van der Waals surface area contributed by atoms with E-state index < -0.39 is 28.6 Å². The van der Waals surface area contributed by atoms with Gasteiger partial charge in [0.2, 0.25) is 0 Å². The molecule has 5 atom stereocenters. The number of benzene rings is 1. The van der Waals surface area contributed by atoms with Gasteiger partial charge in [0, 0.05) is 0 Å². The van der Waals surface area contributed by atoms with Crippen LogP contribution in [0.25, 0.3) is 0 Å². The number of aliphatic hydroxyl groups excluding tert-OH is 1. The summed E-state index contributed by atoms with van der Waals surface area (Å²) < 4.78 is 42.1. The van der Waals surface area contributed by atoms with Crippen LogP contribution in [-0.2, 0) is 23.8 Å². The molecule has 3 aliphatic heterocycles.